The summed E-state index contributed by atoms with van der Waals surface area (Å²) in [5.41, 5.74) is 10.5. The number of nitrogens with two attached hydrogens (primary N) is 1. The molecule has 0 saturated carbocycles. The Morgan fingerprint density at radius 2 is 1.40 bits per heavy atom. The first-order chi connectivity index (χ1) is 14.6. The van der Waals surface area contributed by atoms with Crippen LogP contribution in [0.2, 0.25) is 0 Å². The van der Waals surface area contributed by atoms with Gasteiger partial charge in [0.1, 0.15) is 0 Å². The molecule has 0 fully saturated rings. The van der Waals surface area contributed by atoms with E-state index in [2.05, 4.69) is 55.5 Å². The van der Waals surface area contributed by atoms with Gasteiger partial charge in [-0.25, -0.2) is 0 Å². The maximum absolute atomic E-state index is 10.5. The molecular weight excluding hydrogens is 393 g/mol. The highest BCUT2D eigenvalue weighted by Gasteiger charge is 2.23. The topological polar surface area (TPSA) is 72.6 Å². The zero-order chi connectivity index (χ0) is 21.7. The standard InChI is InChI=1S/C25H38NO3P/c1-2-3-4-5-8-21-10-14-23(15-11-21)24-16-12-22(13-17-24)9-6-7-18-25(26,19-27)20-29-30-28/h10-17,27H,2-9,18-20,26,30H2,1H3. The number of hydrogen-bond acceptors (Lipinski definition) is 4. The van der Waals surface area contributed by atoms with Gasteiger partial charge in [0, 0.05) is 0 Å². The van der Waals surface area contributed by atoms with Crippen LogP contribution >= 0.6 is 8.69 Å². The summed E-state index contributed by atoms with van der Waals surface area (Å²) in [5, 5.41) is 9.45. The van der Waals surface area contributed by atoms with Crippen LogP contribution in [0.3, 0.4) is 0 Å². The molecule has 0 bridgehead atoms. The van der Waals surface area contributed by atoms with Crippen LogP contribution < -0.4 is 5.73 Å². The van der Waals surface area contributed by atoms with Gasteiger partial charge >= 0.3 is 0 Å². The smallest absolute Gasteiger partial charge is 0.180 e. The predicted molar refractivity (Wildman–Crippen MR) is 128 cm³/mol. The third-order valence-electron chi connectivity index (χ3n) is 5.70. The molecule has 0 aliphatic heterocycles. The van der Waals surface area contributed by atoms with Gasteiger partial charge in [0.05, 0.1) is 18.8 Å². The van der Waals surface area contributed by atoms with Gasteiger partial charge in [0.15, 0.2) is 8.69 Å². The molecule has 2 aromatic rings. The molecule has 0 heterocycles. The third-order valence-corrected chi connectivity index (χ3v) is 6.01. The van der Waals surface area contributed by atoms with Crippen LogP contribution in [-0.2, 0) is 21.9 Å². The molecule has 2 unspecified atom stereocenters. The second kappa shape index (κ2) is 13.8. The zero-order valence-electron chi connectivity index (χ0n) is 18.3. The van der Waals surface area contributed by atoms with Crippen molar-refractivity contribution in [1.29, 1.82) is 0 Å². The van der Waals surface area contributed by atoms with Crippen molar-refractivity contribution in [3.05, 3.63) is 59.7 Å². The van der Waals surface area contributed by atoms with Gasteiger partial charge in [-0.05, 0) is 54.4 Å². The predicted octanol–water partition coefficient (Wildman–Crippen LogP) is 5.57. The van der Waals surface area contributed by atoms with Gasteiger partial charge in [-0.3, -0.25) is 4.57 Å². The fourth-order valence-electron chi connectivity index (χ4n) is 3.69. The van der Waals surface area contributed by atoms with Crippen LogP contribution in [0.25, 0.3) is 11.1 Å². The molecule has 0 spiro atoms. The van der Waals surface area contributed by atoms with Gasteiger partial charge in [-0.2, -0.15) is 0 Å². The molecule has 0 amide bonds. The largest absolute Gasteiger partial charge is 0.394 e. The summed E-state index contributed by atoms with van der Waals surface area (Å²) in [5.74, 6) is 0. The number of aliphatic hydroxyl groups is 1. The highest BCUT2D eigenvalue weighted by atomic mass is 31.1. The van der Waals surface area contributed by atoms with Crippen molar-refractivity contribution in [1.82, 2.24) is 0 Å². The summed E-state index contributed by atoms with van der Waals surface area (Å²) in [7, 11) is -1.28. The summed E-state index contributed by atoms with van der Waals surface area (Å²) in [6, 6.07) is 17.7. The Morgan fingerprint density at radius 3 is 1.87 bits per heavy atom. The number of unbranched alkanes of at least 4 members (excludes halogenated alkanes) is 4. The van der Waals surface area contributed by atoms with Gasteiger partial charge in [-0.15, -0.1) is 0 Å². The highest BCUT2D eigenvalue weighted by Crippen LogP contribution is 2.22. The van der Waals surface area contributed by atoms with Crippen molar-refractivity contribution in [2.24, 2.45) is 5.73 Å². The Kier molecular flexibility index (Phi) is 11.4. The van der Waals surface area contributed by atoms with Crippen LogP contribution in [0.4, 0.5) is 0 Å². The van der Waals surface area contributed by atoms with Gasteiger partial charge < -0.3 is 15.4 Å². The monoisotopic (exact) mass is 431 g/mol. The van der Waals surface area contributed by atoms with Crippen molar-refractivity contribution >= 4 is 8.69 Å². The number of aliphatic hydroxyl groups excluding tert-OH is 1. The number of rotatable bonds is 15. The molecule has 0 saturated heterocycles. The summed E-state index contributed by atoms with van der Waals surface area (Å²) >= 11 is 0. The SMILES string of the molecule is CCCCCCc1ccc(-c2ccc(CCCCC(N)(CO)CO[PH2]=O)cc2)cc1. The van der Waals surface area contributed by atoms with Crippen molar-refractivity contribution in [3.8, 4) is 11.1 Å². The summed E-state index contributed by atoms with van der Waals surface area (Å²) < 4.78 is 15.5. The first kappa shape index (κ1) is 24.8. The molecule has 5 heteroatoms. The first-order valence-electron chi connectivity index (χ1n) is 11.2. The van der Waals surface area contributed by atoms with E-state index in [0.717, 1.165) is 19.3 Å². The van der Waals surface area contributed by atoms with E-state index in [1.165, 1.54) is 54.4 Å². The lowest BCUT2D eigenvalue weighted by Gasteiger charge is -2.25. The molecule has 0 radical (unpaired) electrons. The lowest BCUT2D eigenvalue weighted by Crippen LogP contribution is -2.47. The second-order valence-electron chi connectivity index (χ2n) is 8.34. The van der Waals surface area contributed by atoms with E-state index in [4.69, 9.17) is 10.3 Å². The minimum absolute atomic E-state index is 0.147. The average molecular weight is 432 g/mol. The number of hydrogen-bond donors (Lipinski definition) is 2. The van der Waals surface area contributed by atoms with E-state index in [-0.39, 0.29) is 13.2 Å². The second-order valence-corrected chi connectivity index (χ2v) is 8.87. The Labute approximate surface area is 183 Å². The van der Waals surface area contributed by atoms with Crippen LogP contribution in [0.1, 0.15) is 63.0 Å². The lowest BCUT2D eigenvalue weighted by molar-refractivity contribution is 0.131. The average Bonchev–Trinajstić information content (AvgIpc) is 2.79. The summed E-state index contributed by atoms with van der Waals surface area (Å²) in [6.45, 7) is 2.24. The molecule has 0 aromatic heterocycles. The minimum atomic E-state index is -1.28. The molecular formula is C25H38NO3P. The third kappa shape index (κ3) is 8.73. The lowest BCUT2D eigenvalue weighted by atomic mass is 9.94. The molecule has 166 valence electrons. The van der Waals surface area contributed by atoms with Crippen LogP contribution in [0, 0.1) is 0 Å². The van der Waals surface area contributed by atoms with E-state index in [1.54, 1.807) is 0 Å². The van der Waals surface area contributed by atoms with Crippen molar-refractivity contribution in [2.75, 3.05) is 13.2 Å². The van der Waals surface area contributed by atoms with Gasteiger partial charge in [0.25, 0.3) is 0 Å². The summed E-state index contributed by atoms with van der Waals surface area (Å²) in [6.07, 6.45) is 9.91. The Hall–Kier alpha value is -1.45. The van der Waals surface area contributed by atoms with Crippen molar-refractivity contribution < 1.29 is 14.2 Å². The Bertz CT molecular complexity index is 733. The van der Waals surface area contributed by atoms with Crippen LogP contribution in [0.5, 0.6) is 0 Å². The van der Waals surface area contributed by atoms with Gasteiger partial charge in [-0.1, -0.05) is 81.1 Å². The van der Waals surface area contributed by atoms with Crippen LogP contribution in [0.15, 0.2) is 48.5 Å². The molecule has 2 atom stereocenters. The zero-order valence-corrected chi connectivity index (χ0v) is 19.5. The Morgan fingerprint density at radius 1 is 0.867 bits per heavy atom. The molecule has 3 N–H and O–H groups in total. The minimum Gasteiger partial charge on any atom is -0.394 e. The van der Waals surface area contributed by atoms with Crippen molar-refractivity contribution in [2.45, 2.75) is 70.3 Å². The Balaban J connectivity index is 1.78. The quantitative estimate of drug-likeness (QED) is 0.286. The van der Waals surface area contributed by atoms with Gasteiger partial charge in [0.2, 0.25) is 0 Å². The van der Waals surface area contributed by atoms with Crippen LogP contribution in [-0.4, -0.2) is 23.9 Å². The molecule has 30 heavy (non-hydrogen) atoms. The first-order valence-corrected chi connectivity index (χ1v) is 12.2. The molecule has 2 rings (SSSR count). The molecule has 4 nitrogen and oxygen atoms in total. The molecule has 2 aromatic carbocycles. The summed E-state index contributed by atoms with van der Waals surface area (Å²) in [4.78, 5) is 0. The maximum Gasteiger partial charge on any atom is 0.180 e. The fourth-order valence-corrected chi connectivity index (χ4v) is 4.09. The maximum atomic E-state index is 10.5. The highest BCUT2D eigenvalue weighted by molar-refractivity contribution is 7.17. The molecule has 0 aliphatic carbocycles. The fraction of sp³-hybridized carbons (Fsp3) is 0.520. The van der Waals surface area contributed by atoms with Crippen molar-refractivity contribution in [3.63, 3.8) is 0 Å². The normalized spacial score (nSPS) is 13.7. The van der Waals surface area contributed by atoms with E-state index >= 15 is 0 Å². The molecule has 0 aliphatic rings. The van der Waals surface area contributed by atoms with E-state index in [9.17, 15) is 9.67 Å². The van der Waals surface area contributed by atoms with E-state index in [0.29, 0.717) is 6.42 Å². The van der Waals surface area contributed by atoms with E-state index in [1.807, 2.05) is 0 Å². The number of benzene rings is 2. The number of aryl methyl sites for hydroxylation is 2. The van der Waals surface area contributed by atoms with E-state index < -0.39 is 14.2 Å².